The van der Waals surface area contributed by atoms with Crippen molar-refractivity contribution in [3.63, 3.8) is 0 Å². The maximum absolute atomic E-state index is 12.3. The minimum absolute atomic E-state index is 0.0336. The number of methoxy groups -OCH3 is 1. The molecule has 0 aliphatic heterocycles. The number of pyridine rings is 1. The van der Waals surface area contributed by atoms with Crippen LogP contribution in [0.5, 0.6) is 5.75 Å². The number of hydrogen-bond acceptors (Lipinski definition) is 4. The van der Waals surface area contributed by atoms with Crippen LogP contribution in [0, 0.1) is 0 Å². The largest absolute Gasteiger partial charge is 0.497 e. The quantitative estimate of drug-likeness (QED) is 0.822. The molecule has 0 atom stereocenters. The predicted molar refractivity (Wildman–Crippen MR) is 82.9 cm³/mol. The molecular weight excluding hydrogens is 288 g/mol. The molecule has 0 fully saturated rings. The summed E-state index contributed by atoms with van der Waals surface area (Å²) >= 11 is 0. The fourth-order valence-corrected chi connectivity index (χ4v) is 2.98. The zero-order valence-corrected chi connectivity index (χ0v) is 12.9. The Kier molecular flexibility index (Phi) is 4.80. The zero-order valence-electron chi connectivity index (χ0n) is 12.1. The summed E-state index contributed by atoms with van der Waals surface area (Å²) in [6.07, 6.45) is 1.65. The summed E-state index contributed by atoms with van der Waals surface area (Å²) in [7, 11) is -1.81. The van der Waals surface area contributed by atoms with E-state index in [1.807, 2.05) is 12.1 Å². The van der Waals surface area contributed by atoms with Gasteiger partial charge < -0.3 is 4.74 Å². The minimum atomic E-state index is -3.38. The van der Waals surface area contributed by atoms with E-state index in [1.165, 1.54) is 4.31 Å². The monoisotopic (exact) mass is 306 g/mol. The Morgan fingerprint density at radius 2 is 1.86 bits per heavy atom. The number of aromatic nitrogens is 1. The lowest BCUT2D eigenvalue weighted by molar-refractivity contribution is 0.415. The van der Waals surface area contributed by atoms with Gasteiger partial charge >= 0.3 is 0 Å². The zero-order chi connectivity index (χ0) is 15.3. The lowest BCUT2D eigenvalue weighted by Crippen LogP contribution is -2.32. The fraction of sp³-hybridized carbons (Fsp3) is 0.267. The van der Waals surface area contributed by atoms with Crippen molar-refractivity contribution in [3.05, 3.63) is 54.4 Å². The molecular formula is C15H18N2O3S. The number of sulfonamides is 1. The molecule has 2 aromatic rings. The Hall–Kier alpha value is -2.08. The maximum Gasteiger partial charge on any atom is 0.235 e. The summed E-state index contributed by atoms with van der Waals surface area (Å²) < 4.78 is 31.1. The van der Waals surface area contributed by atoms with E-state index in [9.17, 15) is 8.42 Å². The first-order valence-electron chi connectivity index (χ1n) is 6.61. The molecule has 21 heavy (non-hydrogen) atoms. The van der Waals surface area contributed by atoms with Gasteiger partial charge in [0.2, 0.25) is 10.0 Å². The first-order chi connectivity index (χ1) is 10.1. The van der Waals surface area contributed by atoms with Gasteiger partial charge in [-0.15, -0.1) is 0 Å². The topological polar surface area (TPSA) is 59.5 Å². The van der Waals surface area contributed by atoms with Crippen LogP contribution in [0.15, 0.2) is 48.7 Å². The van der Waals surface area contributed by atoms with E-state index in [-0.39, 0.29) is 12.3 Å². The molecule has 0 radical (unpaired) electrons. The van der Waals surface area contributed by atoms with Gasteiger partial charge in [0.1, 0.15) is 5.75 Å². The number of nitrogens with zero attached hydrogens (tertiary/aromatic N) is 2. The van der Waals surface area contributed by atoms with Crippen LogP contribution in [-0.4, -0.2) is 26.3 Å². The number of benzene rings is 1. The molecule has 112 valence electrons. The molecule has 0 N–H and O–H groups in total. The average molecular weight is 306 g/mol. The van der Waals surface area contributed by atoms with E-state index >= 15 is 0 Å². The lowest BCUT2D eigenvalue weighted by Gasteiger charge is -2.23. The van der Waals surface area contributed by atoms with Crippen molar-refractivity contribution < 1.29 is 13.2 Å². The van der Waals surface area contributed by atoms with Gasteiger partial charge in [-0.25, -0.2) is 8.42 Å². The average Bonchev–Trinajstić information content (AvgIpc) is 2.53. The molecule has 0 aliphatic carbocycles. The highest BCUT2D eigenvalue weighted by molar-refractivity contribution is 7.92. The Balaban J connectivity index is 2.36. The van der Waals surface area contributed by atoms with Crippen LogP contribution in [0.4, 0.5) is 5.69 Å². The Morgan fingerprint density at radius 1 is 1.14 bits per heavy atom. The number of hydrogen-bond donors (Lipinski definition) is 0. The van der Waals surface area contributed by atoms with Crippen molar-refractivity contribution in [2.45, 2.75) is 13.5 Å². The molecule has 5 nitrogen and oxygen atoms in total. The molecule has 0 aliphatic rings. The van der Waals surface area contributed by atoms with Gasteiger partial charge in [0.25, 0.3) is 0 Å². The highest BCUT2D eigenvalue weighted by atomic mass is 32.2. The fourth-order valence-electron chi connectivity index (χ4n) is 1.89. The summed E-state index contributed by atoms with van der Waals surface area (Å²) in [5, 5.41) is 0. The Labute approximate surface area is 125 Å². The second kappa shape index (κ2) is 6.58. The smallest absolute Gasteiger partial charge is 0.235 e. The van der Waals surface area contributed by atoms with Gasteiger partial charge in [0.15, 0.2) is 0 Å². The molecule has 1 aromatic heterocycles. The van der Waals surface area contributed by atoms with Crippen molar-refractivity contribution in [1.29, 1.82) is 0 Å². The standard InChI is InChI=1S/C15H18N2O3S/c1-3-21(18,19)17(12-13-6-4-5-11-16-13)14-7-9-15(20-2)10-8-14/h4-11H,3,12H2,1-2H3. The van der Waals surface area contributed by atoms with E-state index in [1.54, 1.807) is 50.6 Å². The first kappa shape index (κ1) is 15.3. The van der Waals surface area contributed by atoms with Crippen LogP contribution >= 0.6 is 0 Å². The van der Waals surface area contributed by atoms with Crippen LogP contribution in [0.3, 0.4) is 0 Å². The summed E-state index contributed by atoms with van der Waals surface area (Å²) in [5.41, 5.74) is 1.30. The Bertz CT molecular complexity index is 670. The molecule has 0 bridgehead atoms. The molecule has 0 amide bonds. The SMILES string of the molecule is CCS(=O)(=O)N(Cc1ccccn1)c1ccc(OC)cc1. The van der Waals surface area contributed by atoms with Crippen molar-refractivity contribution in [2.24, 2.45) is 0 Å². The third-order valence-electron chi connectivity index (χ3n) is 3.09. The number of rotatable bonds is 6. The molecule has 0 saturated heterocycles. The second-order valence-corrected chi connectivity index (χ2v) is 6.61. The van der Waals surface area contributed by atoms with Gasteiger partial charge in [-0.1, -0.05) is 6.07 Å². The van der Waals surface area contributed by atoms with Crippen molar-refractivity contribution in [1.82, 2.24) is 4.98 Å². The molecule has 0 unspecified atom stereocenters. The summed E-state index contributed by atoms with van der Waals surface area (Å²) in [6, 6.07) is 12.4. The van der Waals surface area contributed by atoms with Crippen LogP contribution in [-0.2, 0) is 16.6 Å². The lowest BCUT2D eigenvalue weighted by atomic mass is 10.3. The predicted octanol–water partition coefficient (Wildman–Crippen LogP) is 2.45. The van der Waals surface area contributed by atoms with Crippen molar-refractivity contribution in [2.75, 3.05) is 17.2 Å². The maximum atomic E-state index is 12.3. The van der Waals surface area contributed by atoms with Gasteiger partial charge in [-0.05, 0) is 43.3 Å². The highest BCUT2D eigenvalue weighted by Crippen LogP contribution is 2.23. The van der Waals surface area contributed by atoms with E-state index in [4.69, 9.17) is 4.74 Å². The number of anilines is 1. The van der Waals surface area contributed by atoms with Crippen molar-refractivity contribution >= 4 is 15.7 Å². The third kappa shape index (κ3) is 3.72. The van der Waals surface area contributed by atoms with E-state index in [0.717, 1.165) is 0 Å². The normalized spacial score (nSPS) is 11.1. The van der Waals surface area contributed by atoms with Gasteiger partial charge in [-0.3, -0.25) is 9.29 Å². The second-order valence-electron chi connectivity index (χ2n) is 4.43. The minimum Gasteiger partial charge on any atom is -0.497 e. The molecule has 0 saturated carbocycles. The van der Waals surface area contributed by atoms with Gasteiger partial charge in [0.05, 0.1) is 30.8 Å². The molecule has 2 rings (SSSR count). The molecule has 0 spiro atoms. The first-order valence-corrected chi connectivity index (χ1v) is 8.22. The molecule has 1 aromatic carbocycles. The van der Waals surface area contributed by atoms with Crippen LogP contribution in [0.25, 0.3) is 0 Å². The summed E-state index contributed by atoms with van der Waals surface area (Å²) in [6.45, 7) is 1.84. The van der Waals surface area contributed by atoms with Crippen LogP contribution < -0.4 is 9.04 Å². The van der Waals surface area contributed by atoms with E-state index in [2.05, 4.69) is 4.98 Å². The van der Waals surface area contributed by atoms with Crippen molar-refractivity contribution in [3.8, 4) is 5.75 Å². The van der Waals surface area contributed by atoms with E-state index in [0.29, 0.717) is 17.1 Å². The summed E-state index contributed by atoms with van der Waals surface area (Å²) in [4.78, 5) is 4.19. The molecule has 1 heterocycles. The van der Waals surface area contributed by atoms with Crippen LogP contribution in [0.1, 0.15) is 12.6 Å². The highest BCUT2D eigenvalue weighted by Gasteiger charge is 2.21. The van der Waals surface area contributed by atoms with Crippen LogP contribution in [0.2, 0.25) is 0 Å². The van der Waals surface area contributed by atoms with Gasteiger partial charge in [-0.2, -0.15) is 0 Å². The third-order valence-corrected chi connectivity index (χ3v) is 4.83. The number of ether oxygens (including phenoxy) is 1. The Morgan fingerprint density at radius 3 is 2.38 bits per heavy atom. The van der Waals surface area contributed by atoms with Gasteiger partial charge in [0, 0.05) is 6.20 Å². The summed E-state index contributed by atoms with van der Waals surface area (Å²) in [5.74, 6) is 0.719. The van der Waals surface area contributed by atoms with E-state index < -0.39 is 10.0 Å². The molecule has 6 heteroatoms.